The average Bonchev–Trinajstić information content (AvgIpc) is 2.07. The van der Waals surface area contributed by atoms with E-state index in [0.717, 1.165) is 12.8 Å². The van der Waals surface area contributed by atoms with Gasteiger partial charge in [-0.05, 0) is 26.2 Å². The molecule has 0 radical (unpaired) electrons. The Balaban J connectivity index is 1.71. The Kier molecular flexibility index (Phi) is 2.78. The number of hydrogen-bond donors (Lipinski definition) is 2. The highest BCUT2D eigenvalue weighted by Crippen LogP contribution is 2.31. The largest absolute Gasteiger partial charge is 0.481 e. The van der Waals surface area contributed by atoms with Gasteiger partial charge < -0.3 is 15.3 Å². The molecule has 2 rings (SSSR count). The maximum Gasteiger partial charge on any atom is 0.317 e. The Hall–Kier alpha value is -1.26. The SMILES string of the molecule is CC1(NC(=O)N2CC(CC(=O)O)C2)CCC1. The summed E-state index contributed by atoms with van der Waals surface area (Å²) in [6.07, 6.45) is 3.44. The molecule has 2 aliphatic rings. The summed E-state index contributed by atoms with van der Waals surface area (Å²) < 4.78 is 0. The summed E-state index contributed by atoms with van der Waals surface area (Å²) in [6, 6.07) is -0.0381. The molecule has 2 amide bonds. The average molecular weight is 226 g/mol. The highest BCUT2D eigenvalue weighted by atomic mass is 16.4. The molecule has 0 aromatic rings. The fourth-order valence-corrected chi connectivity index (χ4v) is 2.28. The van der Waals surface area contributed by atoms with Crippen molar-refractivity contribution in [1.29, 1.82) is 0 Å². The van der Waals surface area contributed by atoms with Gasteiger partial charge in [-0.3, -0.25) is 4.79 Å². The third-order valence-electron chi connectivity index (χ3n) is 3.57. The molecule has 0 aromatic carbocycles. The maximum atomic E-state index is 11.7. The Labute approximate surface area is 94.8 Å². The van der Waals surface area contributed by atoms with Crippen LogP contribution in [0, 0.1) is 5.92 Å². The van der Waals surface area contributed by atoms with Crippen molar-refractivity contribution in [3.8, 4) is 0 Å². The zero-order valence-corrected chi connectivity index (χ0v) is 9.53. The minimum atomic E-state index is -0.781. The number of amides is 2. The van der Waals surface area contributed by atoms with Crippen molar-refractivity contribution in [2.45, 2.75) is 38.1 Å². The number of nitrogens with zero attached hydrogens (tertiary/aromatic N) is 1. The van der Waals surface area contributed by atoms with Crippen LogP contribution in [0.5, 0.6) is 0 Å². The second-order valence-electron chi connectivity index (χ2n) is 5.21. The van der Waals surface area contributed by atoms with E-state index in [1.807, 2.05) is 0 Å². The van der Waals surface area contributed by atoms with Crippen molar-refractivity contribution in [1.82, 2.24) is 10.2 Å². The van der Waals surface area contributed by atoms with Crippen LogP contribution in [-0.4, -0.2) is 40.6 Å². The lowest BCUT2D eigenvalue weighted by atomic mass is 9.78. The molecular formula is C11H18N2O3. The molecule has 1 aliphatic carbocycles. The summed E-state index contributed by atoms with van der Waals surface area (Å²) in [6.45, 7) is 3.21. The highest BCUT2D eigenvalue weighted by molar-refractivity contribution is 5.76. The summed E-state index contributed by atoms with van der Waals surface area (Å²) in [5.41, 5.74) is -0.0189. The van der Waals surface area contributed by atoms with Crippen LogP contribution in [0.15, 0.2) is 0 Å². The number of aliphatic carboxylic acids is 1. The minimum absolute atomic E-state index is 0.0189. The van der Waals surface area contributed by atoms with Crippen LogP contribution in [0.4, 0.5) is 4.79 Å². The first-order valence-corrected chi connectivity index (χ1v) is 5.77. The van der Waals surface area contributed by atoms with E-state index < -0.39 is 5.97 Å². The molecule has 0 atom stereocenters. The quantitative estimate of drug-likeness (QED) is 0.755. The molecule has 16 heavy (non-hydrogen) atoms. The van der Waals surface area contributed by atoms with E-state index in [0.29, 0.717) is 13.1 Å². The molecule has 2 N–H and O–H groups in total. The topological polar surface area (TPSA) is 69.6 Å². The van der Waals surface area contributed by atoms with E-state index in [9.17, 15) is 9.59 Å². The standard InChI is InChI=1S/C11H18N2O3/c1-11(3-2-4-11)12-10(16)13-6-8(7-13)5-9(14)15/h8H,2-7H2,1H3,(H,12,16)(H,14,15). The van der Waals surface area contributed by atoms with E-state index in [4.69, 9.17) is 5.11 Å². The Morgan fingerprint density at radius 1 is 1.44 bits per heavy atom. The van der Waals surface area contributed by atoms with Crippen LogP contribution in [0.3, 0.4) is 0 Å². The van der Waals surface area contributed by atoms with E-state index >= 15 is 0 Å². The van der Waals surface area contributed by atoms with Gasteiger partial charge in [0.1, 0.15) is 0 Å². The lowest BCUT2D eigenvalue weighted by molar-refractivity contribution is -0.139. The van der Waals surface area contributed by atoms with Crippen LogP contribution in [-0.2, 0) is 4.79 Å². The van der Waals surface area contributed by atoms with Crippen LogP contribution in [0.2, 0.25) is 0 Å². The fourth-order valence-electron chi connectivity index (χ4n) is 2.28. The van der Waals surface area contributed by atoms with Crippen molar-refractivity contribution in [3.05, 3.63) is 0 Å². The van der Waals surface area contributed by atoms with Gasteiger partial charge in [0.25, 0.3) is 0 Å². The van der Waals surface area contributed by atoms with Crippen molar-refractivity contribution in [3.63, 3.8) is 0 Å². The first-order chi connectivity index (χ1) is 7.48. The van der Waals surface area contributed by atoms with Crippen molar-refractivity contribution in [2.24, 2.45) is 5.92 Å². The van der Waals surface area contributed by atoms with Crippen LogP contribution >= 0.6 is 0 Å². The van der Waals surface area contributed by atoms with Crippen molar-refractivity contribution < 1.29 is 14.7 Å². The number of hydrogen-bond acceptors (Lipinski definition) is 2. The van der Waals surface area contributed by atoms with Crippen LogP contribution in [0.25, 0.3) is 0 Å². The zero-order chi connectivity index (χ0) is 11.8. The minimum Gasteiger partial charge on any atom is -0.481 e. The Morgan fingerprint density at radius 3 is 2.50 bits per heavy atom. The first-order valence-electron chi connectivity index (χ1n) is 5.77. The zero-order valence-electron chi connectivity index (χ0n) is 9.53. The van der Waals surface area contributed by atoms with Gasteiger partial charge in [0.2, 0.25) is 0 Å². The summed E-state index contributed by atoms with van der Waals surface area (Å²) >= 11 is 0. The first kappa shape index (κ1) is 11.2. The molecular weight excluding hydrogens is 208 g/mol. The highest BCUT2D eigenvalue weighted by Gasteiger charge is 2.38. The third kappa shape index (κ3) is 2.28. The van der Waals surface area contributed by atoms with Crippen LogP contribution < -0.4 is 5.32 Å². The molecule has 1 saturated heterocycles. The van der Waals surface area contributed by atoms with Gasteiger partial charge in [0, 0.05) is 24.5 Å². The van der Waals surface area contributed by atoms with Crippen molar-refractivity contribution >= 4 is 12.0 Å². The molecule has 0 unspecified atom stereocenters. The smallest absolute Gasteiger partial charge is 0.317 e. The monoisotopic (exact) mass is 226 g/mol. The molecule has 0 spiro atoms. The number of likely N-dealkylation sites (tertiary alicyclic amines) is 1. The number of nitrogens with one attached hydrogen (secondary N) is 1. The van der Waals surface area contributed by atoms with Gasteiger partial charge in [0.15, 0.2) is 0 Å². The summed E-state index contributed by atoms with van der Waals surface area (Å²) in [7, 11) is 0. The van der Waals surface area contributed by atoms with Gasteiger partial charge in [-0.1, -0.05) is 0 Å². The van der Waals surface area contributed by atoms with E-state index in [-0.39, 0.29) is 23.9 Å². The summed E-state index contributed by atoms with van der Waals surface area (Å²) in [5, 5.41) is 11.6. The number of rotatable bonds is 3. The van der Waals surface area contributed by atoms with Gasteiger partial charge in [-0.15, -0.1) is 0 Å². The van der Waals surface area contributed by atoms with E-state index in [1.165, 1.54) is 6.42 Å². The Bertz CT molecular complexity index is 306. The van der Waals surface area contributed by atoms with Gasteiger partial charge >= 0.3 is 12.0 Å². The lowest BCUT2D eigenvalue weighted by Gasteiger charge is -2.44. The molecule has 5 nitrogen and oxygen atoms in total. The van der Waals surface area contributed by atoms with E-state index in [1.54, 1.807) is 4.90 Å². The number of urea groups is 1. The van der Waals surface area contributed by atoms with Crippen molar-refractivity contribution in [2.75, 3.05) is 13.1 Å². The molecule has 1 saturated carbocycles. The second-order valence-corrected chi connectivity index (χ2v) is 5.21. The predicted molar refractivity (Wildman–Crippen MR) is 58.1 cm³/mol. The van der Waals surface area contributed by atoms with Gasteiger partial charge in [-0.2, -0.15) is 0 Å². The third-order valence-corrected chi connectivity index (χ3v) is 3.57. The van der Waals surface area contributed by atoms with Gasteiger partial charge in [0.05, 0.1) is 6.42 Å². The van der Waals surface area contributed by atoms with Crippen LogP contribution in [0.1, 0.15) is 32.6 Å². The molecule has 0 bridgehead atoms. The lowest BCUT2D eigenvalue weighted by Crippen LogP contribution is -2.60. The molecule has 1 aliphatic heterocycles. The second kappa shape index (κ2) is 3.96. The molecule has 5 heteroatoms. The predicted octanol–water partition coefficient (Wildman–Crippen LogP) is 1.05. The number of carbonyl (C=O) groups is 2. The molecule has 0 aromatic heterocycles. The number of carboxylic acid groups (broad SMARTS) is 1. The molecule has 90 valence electrons. The normalized spacial score (nSPS) is 23.2. The number of carboxylic acids is 1. The molecule has 2 fully saturated rings. The number of carbonyl (C=O) groups excluding carboxylic acids is 1. The van der Waals surface area contributed by atoms with Gasteiger partial charge in [-0.25, -0.2) is 4.79 Å². The fraction of sp³-hybridized carbons (Fsp3) is 0.818. The molecule has 1 heterocycles. The summed E-state index contributed by atoms with van der Waals surface area (Å²) in [4.78, 5) is 23.9. The Morgan fingerprint density at radius 2 is 2.06 bits per heavy atom. The van der Waals surface area contributed by atoms with E-state index in [2.05, 4.69) is 12.2 Å². The maximum absolute atomic E-state index is 11.7. The summed E-state index contributed by atoms with van der Waals surface area (Å²) in [5.74, 6) is -0.645.